The van der Waals surface area contributed by atoms with Gasteiger partial charge in [-0.3, -0.25) is 4.79 Å². The zero-order valence-electron chi connectivity index (χ0n) is 9.91. The van der Waals surface area contributed by atoms with E-state index in [1.165, 1.54) is 11.0 Å². The van der Waals surface area contributed by atoms with Crippen LogP contribution < -0.4 is 0 Å². The van der Waals surface area contributed by atoms with Crippen LogP contribution >= 0.6 is 0 Å². The molecular formula is C10H17N5O2. The Morgan fingerprint density at radius 2 is 2.24 bits per heavy atom. The molecule has 1 heterocycles. The molecule has 0 radical (unpaired) electrons. The quantitative estimate of drug-likeness (QED) is 0.761. The molecule has 0 atom stereocenters. The first-order valence-electron chi connectivity index (χ1n) is 5.76. The van der Waals surface area contributed by atoms with Crippen molar-refractivity contribution in [1.82, 2.24) is 25.1 Å². The Hall–Kier alpha value is -1.50. The molecule has 1 amide bonds. The first-order valence-corrected chi connectivity index (χ1v) is 5.76. The lowest BCUT2D eigenvalue weighted by Crippen LogP contribution is -2.43. The molecular weight excluding hydrogens is 222 g/mol. The lowest BCUT2D eigenvalue weighted by atomic mass is 10.0. The molecule has 0 unspecified atom stereocenters. The zero-order valence-corrected chi connectivity index (χ0v) is 9.91. The number of nitrogens with zero attached hydrogens (tertiary/aromatic N) is 5. The van der Waals surface area contributed by atoms with Gasteiger partial charge >= 0.3 is 0 Å². The van der Waals surface area contributed by atoms with Crippen molar-refractivity contribution >= 4 is 5.91 Å². The highest BCUT2D eigenvalue weighted by Crippen LogP contribution is 2.29. The molecule has 1 fully saturated rings. The molecule has 17 heavy (non-hydrogen) atoms. The molecule has 1 aliphatic carbocycles. The number of hydrogen-bond acceptors (Lipinski definition) is 5. The van der Waals surface area contributed by atoms with Gasteiger partial charge in [0.15, 0.2) is 0 Å². The first-order chi connectivity index (χ1) is 8.09. The maximum Gasteiger partial charge on any atom is 0.244 e. The number of aromatic nitrogens is 4. The Kier molecular flexibility index (Phi) is 3.37. The molecule has 7 nitrogen and oxygen atoms in total. The van der Waals surface area contributed by atoms with Crippen LogP contribution in [-0.4, -0.2) is 55.3 Å². The van der Waals surface area contributed by atoms with E-state index < -0.39 is 5.60 Å². The molecule has 0 saturated heterocycles. The number of amides is 1. The third-order valence-corrected chi connectivity index (χ3v) is 3.18. The van der Waals surface area contributed by atoms with Gasteiger partial charge in [0.25, 0.3) is 0 Å². The van der Waals surface area contributed by atoms with Crippen molar-refractivity contribution in [2.45, 2.75) is 37.8 Å². The van der Waals surface area contributed by atoms with E-state index in [1.54, 1.807) is 11.9 Å². The predicted octanol–water partition coefficient (Wildman–Crippen LogP) is -0.563. The van der Waals surface area contributed by atoms with Gasteiger partial charge in [0.05, 0.1) is 5.60 Å². The summed E-state index contributed by atoms with van der Waals surface area (Å²) in [5, 5.41) is 20.8. The van der Waals surface area contributed by atoms with Crippen LogP contribution in [0, 0.1) is 0 Å². The molecule has 1 saturated carbocycles. The second-order valence-electron chi connectivity index (χ2n) is 4.69. The van der Waals surface area contributed by atoms with Crippen molar-refractivity contribution in [2.75, 3.05) is 13.6 Å². The minimum absolute atomic E-state index is 0.0994. The summed E-state index contributed by atoms with van der Waals surface area (Å²) in [4.78, 5) is 13.4. The summed E-state index contributed by atoms with van der Waals surface area (Å²) in [7, 11) is 1.70. The number of aliphatic hydroxyl groups is 1. The highest BCUT2D eigenvalue weighted by atomic mass is 16.3. The summed E-state index contributed by atoms with van der Waals surface area (Å²) in [6.45, 7) is 0.494. The van der Waals surface area contributed by atoms with Crippen molar-refractivity contribution < 1.29 is 9.90 Å². The summed E-state index contributed by atoms with van der Waals surface area (Å²) < 4.78 is 1.37. The first kappa shape index (κ1) is 12.0. The Labute approximate surface area is 99.4 Å². The maximum atomic E-state index is 11.8. The van der Waals surface area contributed by atoms with Crippen LogP contribution in [0.25, 0.3) is 0 Å². The molecule has 0 aromatic carbocycles. The second kappa shape index (κ2) is 4.79. The number of carbonyl (C=O) groups is 1. The van der Waals surface area contributed by atoms with Gasteiger partial charge in [-0.05, 0) is 23.3 Å². The fourth-order valence-electron chi connectivity index (χ4n) is 2.23. The Morgan fingerprint density at radius 1 is 1.53 bits per heavy atom. The fourth-order valence-corrected chi connectivity index (χ4v) is 2.23. The average molecular weight is 239 g/mol. The SMILES string of the molecule is CN(CC1(O)CCCC1)C(=O)Cn1cnnn1. The molecule has 94 valence electrons. The van der Waals surface area contributed by atoms with E-state index in [1.807, 2.05) is 0 Å². The normalized spacial score (nSPS) is 18.2. The van der Waals surface area contributed by atoms with Crippen molar-refractivity contribution in [1.29, 1.82) is 0 Å². The van der Waals surface area contributed by atoms with Crippen LogP contribution in [0.4, 0.5) is 0 Å². The predicted molar refractivity (Wildman–Crippen MR) is 58.9 cm³/mol. The fraction of sp³-hybridized carbons (Fsp3) is 0.800. The van der Waals surface area contributed by atoms with E-state index in [2.05, 4.69) is 15.5 Å². The molecule has 1 aliphatic rings. The van der Waals surface area contributed by atoms with Gasteiger partial charge in [-0.2, -0.15) is 0 Å². The van der Waals surface area contributed by atoms with Crippen molar-refractivity contribution in [2.24, 2.45) is 0 Å². The molecule has 0 spiro atoms. The van der Waals surface area contributed by atoms with Gasteiger partial charge in [-0.15, -0.1) is 5.10 Å². The largest absolute Gasteiger partial charge is 0.388 e. The number of likely N-dealkylation sites (N-methyl/N-ethyl adjacent to an activating group) is 1. The van der Waals surface area contributed by atoms with Gasteiger partial charge < -0.3 is 10.0 Å². The molecule has 7 heteroatoms. The third-order valence-electron chi connectivity index (χ3n) is 3.18. The van der Waals surface area contributed by atoms with Crippen LogP contribution in [0.15, 0.2) is 6.33 Å². The lowest BCUT2D eigenvalue weighted by molar-refractivity contribution is -0.134. The Morgan fingerprint density at radius 3 is 2.82 bits per heavy atom. The smallest absolute Gasteiger partial charge is 0.244 e. The van der Waals surface area contributed by atoms with E-state index in [-0.39, 0.29) is 12.5 Å². The van der Waals surface area contributed by atoms with E-state index in [4.69, 9.17) is 0 Å². The van der Waals surface area contributed by atoms with Crippen molar-refractivity contribution in [3.05, 3.63) is 6.33 Å². The van der Waals surface area contributed by atoms with Crippen LogP contribution in [-0.2, 0) is 11.3 Å². The summed E-state index contributed by atoms with van der Waals surface area (Å²) in [5.41, 5.74) is -0.703. The summed E-state index contributed by atoms with van der Waals surface area (Å²) in [5.74, 6) is -0.0994. The summed E-state index contributed by atoms with van der Waals surface area (Å²) in [6, 6.07) is 0. The monoisotopic (exact) mass is 239 g/mol. The van der Waals surface area contributed by atoms with Crippen LogP contribution in [0.5, 0.6) is 0 Å². The minimum atomic E-state index is -0.703. The highest BCUT2D eigenvalue weighted by molar-refractivity contribution is 5.75. The lowest BCUT2D eigenvalue weighted by Gasteiger charge is -2.28. The second-order valence-corrected chi connectivity index (χ2v) is 4.69. The third kappa shape index (κ3) is 3.00. The topological polar surface area (TPSA) is 84.1 Å². The van der Waals surface area contributed by atoms with Crippen LogP contribution in [0.3, 0.4) is 0 Å². The highest BCUT2D eigenvalue weighted by Gasteiger charge is 2.33. The van der Waals surface area contributed by atoms with Gasteiger partial charge in [-0.1, -0.05) is 12.8 Å². The number of hydrogen-bond donors (Lipinski definition) is 1. The summed E-state index contributed by atoms with van der Waals surface area (Å²) >= 11 is 0. The molecule has 1 N–H and O–H groups in total. The zero-order chi connectivity index (χ0) is 12.3. The number of tetrazole rings is 1. The molecule has 1 aromatic rings. The molecule has 0 bridgehead atoms. The Balaban J connectivity index is 1.87. The van der Waals surface area contributed by atoms with Gasteiger partial charge in [-0.25, -0.2) is 4.68 Å². The maximum absolute atomic E-state index is 11.8. The number of carbonyl (C=O) groups excluding carboxylic acids is 1. The number of rotatable bonds is 4. The molecule has 0 aliphatic heterocycles. The van der Waals surface area contributed by atoms with Crippen LogP contribution in [0.1, 0.15) is 25.7 Å². The van der Waals surface area contributed by atoms with Gasteiger partial charge in [0.1, 0.15) is 12.9 Å². The minimum Gasteiger partial charge on any atom is -0.388 e. The standard InChI is InChI=1S/C10H17N5O2/c1-14(7-10(17)4-2-3-5-10)9(16)6-15-8-11-12-13-15/h8,17H,2-7H2,1H3. The molecule has 2 rings (SSSR count). The summed E-state index contributed by atoms with van der Waals surface area (Å²) in [6.07, 6.45) is 5.01. The van der Waals surface area contributed by atoms with Crippen molar-refractivity contribution in [3.63, 3.8) is 0 Å². The van der Waals surface area contributed by atoms with E-state index in [9.17, 15) is 9.90 Å². The molecule has 1 aromatic heterocycles. The van der Waals surface area contributed by atoms with Crippen LogP contribution in [0.2, 0.25) is 0 Å². The Bertz CT molecular complexity index is 372. The van der Waals surface area contributed by atoms with E-state index >= 15 is 0 Å². The van der Waals surface area contributed by atoms with Gasteiger partial charge in [0, 0.05) is 13.6 Å². The van der Waals surface area contributed by atoms with Crippen molar-refractivity contribution in [3.8, 4) is 0 Å². The van der Waals surface area contributed by atoms with E-state index in [0.29, 0.717) is 6.54 Å². The van der Waals surface area contributed by atoms with E-state index in [0.717, 1.165) is 25.7 Å². The average Bonchev–Trinajstić information content (AvgIpc) is 2.90. The van der Waals surface area contributed by atoms with Gasteiger partial charge in [0.2, 0.25) is 5.91 Å².